The van der Waals surface area contributed by atoms with Gasteiger partial charge in [-0.2, -0.15) is 0 Å². The Kier molecular flexibility index (Phi) is 3.53. The molecule has 1 aromatic rings. The monoisotopic (exact) mass is 361 g/mol. The Morgan fingerprint density at radius 2 is 2.18 bits per heavy atom. The van der Waals surface area contributed by atoms with Crippen LogP contribution in [0.2, 0.25) is 0 Å². The van der Waals surface area contributed by atoms with Gasteiger partial charge in [0.2, 0.25) is 5.91 Å². The van der Waals surface area contributed by atoms with Crippen LogP contribution in [-0.4, -0.2) is 28.4 Å². The van der Waals surface area contributed by atoms with E-state index in [0.29, 0.717) is 18.7 Å². The summed E-state index contributed by atoms with van der Waals surface area (Å²) in [6, 6.07) is 4.66. The van der Waals surface area contributed by atoms with Crippen LogP contribution >= 0.6 is 31.9 Å². The number of hydrogen-bond acceptors (Lipinski definition) is 2. The number of carbonyl (C=O) groups is 2. The number of carboxylic acid groups (broad SMARTS) is 1. The Hall–Kier alpha value is -0.880. The summed E-state index contributed by atoms with van der Waals surface area (Å²) in [5, 5.41) is 8.93. The van der Waals surface area contributed by atoms with Gasteiger partial charge in [0.25, 0.3) is 0 Å². The molecule has 0 aliphatic carbocycles. The van der Waals surface area contributed by atoms with Crippen LogP contribution in [0.5, 0.6) is 0 Å². The van der Waals surface area contributed by atoms with Crippen LogP contribution in [0, 0.1) is 0 Å². The average Bonchev–Trinajstić information content (AvgIpc) is 2.58. The molecule has 1 fully saturated rings. The fraction of sp³-hybridized carbons (Fsp3) is 0.273. The van der Waals surface area contributed by atoms with Crippen molar-refractivity contribution < 1.29 is 14.7 Å². The highest BCUT2D eigenvalue weighted by Crippen LogP contribution is 2.32. The molecule has 1 atom stereocenters. The molecular formula is C11H9Br2NO3. The summed E-state index contributed by atoms with van der Waals surface area (Å²) in [6.07, 6.45) is 0.434. The van der Waals surface area contributed by atoms with Crippen molar-refractivity contribution in [2.75, 3.05) is 11.4 Å². The predicted octanol–water partition coefficient (Wildman–Crippen LogP) is 2.65. The largest absolute Gasteiger partial charge is 0.478 e. The van der Waals surface area contributed by atoms with Crippen LogP contribution in [0.3, 0.4) is 0 Å². The molecule has 1 heterocycles. The Bertz CT molecular complexity index is 490. The van der Waals surface area contributed by atoms with Crippen molar-refractivity contribution in [3.05, 3.63) is 28.2 Å². The second kappa shape index (κ2) is 4.78. The first-order chi connectivity index (χ1) is 7.99. The fourth-order valence-corrected chi connectivity index (χ4v) is 2.78. The van der Waals surface area contributed by atoms with Gasteiger partial charge >= 0.3 is 5.97 Å². The van der Waals surface area contributed by atoms with Crippen LogP contribution in [0.4, 0.5) is 5.69 Å². The minimum absolute atomic E-state index is 0.00452. The molecule has 1 aliphatic rings. The van der Waals surface area contributed by atoms with Gasteiger partial charge in [-0.3, -0.25) is 4.79 Å². The molecule has 2 rings (SSSR count). The van der Waals surface area contributed by atoms with Gasteiger partial charge in [0, 0.05) is 22.3 Å². The molecule has 90 valence electrons. The topological polar surface area (TPSA) is 57.6 Å². The molecule has 1 aromatic carbocycles. The maximum Gasteiger partial charge on any atom is 0.335 e. The number of rotatable bonds is 2. The molecule has 1 unspecified atom stereocenters. The summed E-state index contributed by atoms with van der Waals surface area (Å²) in [6.45, 7) is 0.556. The average molecular weight is 363 g/mol. The predicted molar refractivity (Wildman–Crippen MR) is 70.8 cm³/mol. The van der Waals surface area contributed by atoms with E-state index < -0.39 is 5.97 Å². The van der Waals surface area contributed by atoms with Gasteiger partial charge < -0.3 is 10.0 Å². The molecule has 0 saturated carbocycles. The van der Waals surface area contributed by atoms with Gasteiger partial charge in [-0.25, -0.2) is 4.79 Å². The highest BCUT2D eigenvalue weighted by Gasteiger charge is 2.30. The Morgan fingerprint density at radius 1 is 1.47 bits per heavy atom. The lowest BCUT2D eigenvalue weighted by Gasteiger charge is -2.18. The highest BCUT2D eigenvalue weighted by atomic mass is 79.9. The molecular weight excluding hydrogens is 354 g/mol. The number of halogens is 2. The maximum atomic E-state index is 11.7. The fourth-order valence-electron chi connectivity index (χ4n) is 1.75. The van der Waals surface area contributed by atoms with Crippen LogP contribution in [0.25, 0.3) is 0 Å². The van der Waals surface area contributed by atoms with Crippen molar-refractivity contribution >= 4 is 49.4 Å². The Labute approximate surface area is 115 Å². The number of anilines is 1. The van der Waals surface area contributed by atoms with Gasteiger partial charge in [0.15, 0.2) is 0 Å². The van der Waals surface area contributed by atoms with E-state index in [-0.39, 0.29) is 16.3 Å². The number of benzene rings is 1. The number of carboxylic acids is 1. The van der Waals surface area contributed by atoms with E-state index in [4.69, 9.17) is 5.11 Å². The van der Waals surface area contributed by atoms with E-state index in [9.17, 15) is 9.59 Å². The second-order valence-corrected chi connectivity index (χ2v) is 5.93. The molecule has 1 aliphatic heterocycles. The van der Waals surface area contributed by atoms with Gasteiger partial charge in [0.05, 0.1) is 11.3 Å². The molecule has 0 bridgehead atoms. The van der Waals surface area contributed by atoms with Crippen molar-refractivity contribution in [1.29, 1.82) is 0 Å². The van der Waals surface area contributed by atoms with Crippen molar-refractivity contribution in [3.63, 3.8) is 0 Å². The minimum Gasteiger partial charge on any atom is -0.478 e. The Morgan fingerprint density at radius 3 is 2.71 bits per heavy atom. The maximum absolute atomic E-state index is 11.7. The zero-order valence-electron chi connectivity index (χ0n) is 8.69. The quantitative estimate of drug-likeness (QED) is 0.823. The summed E-state index contributed by atoms with van der Waals surface area (Å²) >= 11 is 6.73. The molecule has 17 heavy (non-hydrogen) atoms. The molecule has 0 radical (unpaired) electrons. The molecule has 1 N–H and O–H groups in total. The van der Waals surface area contributed by atoms with Crippen LogP contribution in [-0.2, 0) is 4.79 Å². The van der Waals surface area contributed by atoms with E-state index >= 15 is 0 Å². The van der Waals surface area contributed by atoms with Crippen LogP contribution in [0.15, 0.2) is 22.7 Å². The molecule has 4 nitrogen and oxygen atoms in total. The van der Waals surface area contributed by atoms with E-state index in [1.54, 1.807) is 11.0 Å². The molecule has 6 heteroatoms. The van der Waals surface area contributed by atoms with E-state index in [1.807, 2.05) is 0 Å². The number of amides is 1. The van der Waals surface area contributed by atoms with Gasteiger partial charge in [0.1, 0.15) is 0 Å². The second-order valence-electron chi connectivity index (χ2n) is 3.78. The first kappa shape index (κ1) is 12.6. The third-order valence-corrected chi connectivity index (χ3v) is 3.85. The molecule has 0 aromatic heterocycles. The van der Waals surface area contributed by atoms with E-state index in [0.717, 1.165) is 4.47 Å². The van der Waals surface area contributed by atoms with Crippen LogP contribution in [0.1, 0.15) is 16.8 Å². The number of nitrogens with zero attached hydrogens (tertiary/aromatic N) is 1. The van der Waals surface area contributed by atoms with Gasteiger partial charge in [-0.15, -0.1) is 0 Å². The number of alkyl halides is 1. The normalized spacial score (nSPS) is 19.8. The van der Waals surface area contributed by atoms with E-state index in [1.165, 1.54) is 12.1 Å². The van der Waals surface area contributed by atoms with Crippen molar-refractivity contribution in [2.45, 2.75) is 11.2 Å². The number of hydrogen-bond donors (Lipinski definition) is 1. The molecule has 1 saturated heterocycles. The standard InChI is InChI=1S/C11H9Br2NO3/c12-7-4-10(15)14(5-7)9-3-6(11(16)17)1-2-8(9)13/h1-3,7H,4-5H2,(H,16,17). The van der Waals surface area contributed by atoms with Crippen molar-refractivity contribution in [3.8, 4) is 0 Å². The smallest absolute Gasteiger partial charge is 0.335 e. The third-order valence-electron chi connectivity index (χ3n) is 2.56. The van der Waals surface area contributed by atoms with Crippen molar-refractivity contribution in [1.82, 2.24) is 0 Å². The van der Waals surface area contributed by atoms with E-state index in [2.05, 4.69) is 31.9 Å². The summed E-state index contributed by atoms with van der Waals surface area (Å²) in [5.41, 5.74) is 0.783. The highest BCUT2D eigenvalue weighted by molar-refractivity contribution is 9.10. The lowest BCUT2D eigenvalue weighted by molar-refractivity contribution is -0.117. The minimum atomic E-state index is -0.999. The number of aromatic carboxylic acids is 1. The molecule has 0 spiro atoms. The summed E-state index contributed by atoms with van der Waals surface area (Å²) in [5.74, 6) is -1.00. The summed E-state index contributed by atoms with van der Waals surface area (Å²) in [4.78, 5) is 24.4. The SMILES string of the molecule is O=C(O)c1ccc(Br)c(N2CC(Br)CC2=O)c1. The van der Waals surface area contributed by atoms with Crippen LogP contribution < -0.4 is 4.90 Å². The van der Waals surface area contributed by atoms with Crippen molar-refractivity contribution in [2.24, 2.45) is 0 Å². The lowest BCUT2D eigenvalue weighted by atomic mass is 10.2. The Balaban J connectivity index is 2.41. The third kappa shape index (κ3) is 2.52. The first-order valence-corrected chi connectivity index (χ1v) is 6.67. The first-order valence-electron chi connectivity index (χ1n) is 4.96. The molecule has 1 amide bonds. The number of carbonyl (C=O) groups excluding carboxylic acids is 1. The zero-order valence-corrected chi connectivity index (χ0v) is 11.9. The zero-order chi connectivity index (χ0) is 12.6. The lowest BCUT2D eigenvalue weighted by Crippen LogP contribution is -2.25. The summed E-state index contributed by atoms with van der Waals surface area (Å²) < 4.78 is 0.720. The van der Waals surface area contributed by atoms with Gasteiger partial charge in [-0.05, 0) is 34.1 Å². The summed E-state index contributed by atoms with van der Waals surface area (Å²) in [7, 11) is 0. The van der Waals surface area contributed by atoms with Gasteiger partial charge in [-0.1, -0.05) is 15.9 Å².